The molecule has 0 bridgehead atoms. The van der Waals surface area contributed by atoms with Crippen LogP contribution in [0.3, 0.4) is 0 Å². The maximum atomic E-state index is 6.23. The molecule has 1 aliphatic heterocycles. The molecule has 1 aliphatic rings. The monoisotopic (exact) mass is 413 g/mol. The molecule has 1 aromatic carbocycles. The second-order valence-electron chi connectivity index (χ2n) is 6.63. The fraction of sp³-hybridized carbons (Fsp3) is 0.250. The van der Waals surface area contributed by atoms with Gasteiger partial charge in [0.15, 0.2) is 5.11 Å². The van der Waals surface area contributed by atoms with Gasteiger partial charge in [0.2, 0.25) is 5.95 Å². The molecule has 4 rings (SSSR count). The SMILES string of the molecule is Cc1ccc(CNC(=S)Nc2nc(Cl)cc(N3CCc4ccccc4C3)n2)o1. The summed E-state index contributed by atoms with van der Waals surface area (Å²) in [6, 6.07) is 14.1. The van der Waals surface area contributed by atoms with Gasteiger partial charge in [0, 0.05) is 19.2 Å². The molecule has 0 amide bonds. The first-order valence-electron chi connectivity index (χ1n) is 9.03. The van der Waals surface area contributed by atoms with Crippen LogP contribution in [0.15, 0.2) is 46.9 Å². The van der Waals surface area contributed by atoms with Crippen LogP contribution >= 0.6 is 23.8 Å². The molecule has 28 heavy (non-hydrogen) atoms. The molecule has 2 N–H and O–H groups in total. The first kappa shape index (κ1) is 18.7. The highest BCUT2D eigenvalue weighted by Gasteiger charge is 2.18. The van der Waals surface area contributed by atoms with Crippen molar-refractivity contribution in [2.24, 2.45) is 0 Å². The summed E-state index contributed by atoms with van der Waals surface area (Å²) in [5, 5.41) is 6.87. The molecule has 144 valence electrons. The summed E-state index contributed by atoms with van der Waals surface area (Å²) in [6.45, 7) is 4.06. The number of nitrogens with zero attached hydrogens (tertiary/aromatic N) is 3. The van der Waals surface area contributed by atoms with Crippen LogP contribution in [0, 0.1) is 6.92 Å². The molecule has 0 spiro atoms. The maximum Gasteiger partial charge on any atom is 0.232 e. The average Bonchev–Trinajstić information content (AvgIpc) is 3.11. The highest BCUT2D eigenvalue weighted by molar-refractivity contribution is 7.80. The zero-order valence-electron chi connectivity index (χ0n) is 15.4. The highest BCUT2D eigenvalue weighted by Crippen LogP contribution is 2.25. The Labute approximate surface area is 173 Å². The third-order valence-electron chi connectivity index (χ3n) is 4.58. The topological polar surface area (TPSA) is 66.2 Å². The molecular weight excluding hydrogens is 394 g/mol. The van der Waals surface area contributed by atoms with Crippen molar-refractivity contribution in [3.63, 3.8) is 0 Å². The molecule has 8 heteroatoms. The Balaban J connectivity index is 1.43. The second-order valence-corrected chi connectivity index (χ2v) is 7.43. The Morgan fingerprint density at radius 1 is 1.21 bits per heavy atom. The fourth-order valence-corrected chi connectivity index (χ4v) is 3.55. The molecule has 6 nitrogen and oxygen atoms in total. The first-order chi connectivity index (χ1) is 13.6. The summed E-state index contributed by atoms with van der Waals surface area (Å²) in [5.41, 5.74) is 2.69. The van der Waals surface area contributed by atoms with Gasteiger partial charge in [-0.25, -0.2) is 4.98 Å². The number of hydrogen-bond acceptors (Lipinski definition) is 5. The zero-order valence-corrected chi connectivity index (χ0v) is 17.0. The van der Waals surface area contributed by atoms with Gasteiger partial charge in [0.05, 0.1) is 6.54 Å². The van der Waals surface area contributed by atoms with Crippen LogP contribution in [0.4, 0.5) is 11.8 Å². The van der Waals surface area contributed by atoms with E-state index in [-0.39, 0.29) is 0 Å². The molecule has 0 atom stereocenters. The molecule has 3 aromatic rings. The number of rotatable bonds is 4. The third-order valence-corrected chi connectivity index (χ3v) is 5.02. The number of thiocarbonyl (C=S) groups is 1. The predicted octanol–water partition coefficient (Wildman–Crippen LogP) is 4.08. The van der Waals surface area contributed by atoms with Crippen molar-refractivity contribution in [3.8, 4) is 0 Å². The molecule has 0 radical (unpaired) electrons. The van der Waals surface area contributed by atoms with E-state index in [1.165, 1.54) is 11.1 Å². The molecule has 0 fully saturated rings. The number of halogens is 1. The number of hydrogen-bond donors (Lipinski definition) is 2. The first-order valence-corrected chi connectivity index (χ1v) is 9.82. The summed E-state index contributed by atoms with van der Waals surface area (Å²) in [7, 11) is 0. The lowest BCUT2D eigenvalue weighted by molar-refractivity contribution is 0.478. The lowest BCUT2D eigenvalue weighted by atomic mass is 10.00. The Morgan fingerprint density at radius 3 is 2.82 bits per heavy atom. The van der Waals surface area contributed by atoms with Gasteiger partial charge >= 0.3 is 0 Å². The van der Waals surface area contributed by atoms with Crippen LogP contribution in [0.25, 0.3) is 0 Å². The van der Waals surface area contributed by atoms with Gasteiger partial charge in [-0.3, -0.25) is 0 Å². The van der Waals surface area contributed by atoms with Gasteiger partial charge in [0.1, 0.15) is 22.5 Å². The minimum absolute atomic E-state index is 0.370. The van der Waals surface area contributed by atoms with Crippen LogP contribution in [-0.4, -0.2) is 21.6 Å². The summed E-state index contributed by atoms with van der Waals surface area (Å²) in [6.07, 6.45) is 0.975. The number of furan rings is 1. The van der Waals surface area contributed by atoms with Crippen LogP contribution in [0.5, 0.6) is 0 Å². The van der Waals surface area contributed by atoms with E-state index >= 15 is 0 Å². The van der Waals surface area contributed by atoms with Gasteiger partial charge in [-0.1, -0.05) is 35.9 Å². The summed E-state index contributed by atoms with van der Waals surface area (Å²) in [5.74, 6) is 2.82. The Hall–Kier alpha value is -2.64. The minimum atomic E-state index is 0.370. The average molecular weight is 414 g/mol. The second kappa shape index (κ2) is 8.16. The van der Waals surface area contributed by atoms with E-state index < -0.39 is 0 Å². The van der Waals surface area contributed by atoms with E-state index in [1.807, 2.05) is 19.1 Å². The van der Waals surface area contributed by atoms with Gasteiger partial charge in [0.25, 0.3) is 0 Å². The molecule has 0 saturated carbocycles. The normalized spacial score (nSPS) is 13.1. The molecule has 3 heterocycles. The van der Waals surface area contributed by atoms with Crippen molar-refractivity contribution >= 4 is 40.7 Å². The van der Waals surface area contributed by atoms with Crippen molar-refractivity contribution in [1.29, 1.82) is 0 Å². The number of fused-ring (bicyclic) bond motifs is 1. The highest BCUT2D eigenvalue weighted by atomic mass is 35.5. The van der Waals surface area contributed by atoms with Crippen LogP contribution in [0.1, 0.15) is 22.6 Å². The van der Waals surface area contributed by atoms with E-state index in [1.54, 1.807) is 6.07 Å². The summed E-state index contributed by atoms with van der Waals surface area (Å²) < 4.78 is 5.52. The van der Waals surface area contributed by atoms with Gasteiger partial charge in [-0.15, -0.1) is 0 Å². The quantitative estimate of drug-likeness (QED) is 0.493. The lowest BCUT2D eigenvalue weighted by Crippen LogP contribution is -2.32. The zero-order chi connectivity index (χ0) is 19.5. The van der Waals surface area contributed by atoms with Gasteiger partial charge < -0.3 is 20.0 Å². The molecule has 2 aromatic heterocycles. The van der Waals surface area contributed by atoms with Crippen LogP contribution in [0.2, 0.25) is 5.15 Å². The molecule has 0 saturated heterocycles. The molecule has 0 unspecified atom stereocenters. The van der Waals surface area contributed by atoms with E-state index in [0.717, 1.165) is 36.8 Å². The van der Waals surface area contributed by atoms with Gasteiger partial charge in [-0.05, 0) is 48.8 Å². The largest absolute Gasteiger partial charge is 0.465 e. The number of aromatic nitrogens is 2. The van der Waals surface area contributed by atoms with Crippen molar-refractivity contribution in [2.75, 3.05) is 16.8 Å². The smallest absolute Gasteiger partial charge is 0.232 e. The number of aryl methyl sites for hydroxylation is 1. The minimum Gasteiger partial charge on any atom is -0.465 e. The third kappa shape index (κ3) is 4.43. The van der Waals surface area contributed by atoms with E-state index in [0.29, 0.717) is 22.8 Å². The Kier molecular flexibility index (Phi) is 5.45. The maximum absolute atomic E-state index is 6.23. The standard InChI is InChI=1S/C20H20ClN5OS/c1-13-6-7-16(27-13)11-22-20(28)25-19-23-17(21)10-18(24-19)26-9-8-14-4-2-3-5-15(14)12-26/h2-7,10H,8-9,11-12H2,1H3,(H2,22,23,24,25,28). The number of nitrogens with one attached hydrogen (secondary N) is 2. The Bertz CT molecular complexity index is 1010. The van der Waals surface area contributed by atoms with Crippen molar-refractivity contribution in [2.45, 2.75) is 26.4 Å². The predicted molar refractivity (Wildman–Crippen MR) is 115 cm³/mol. The van der Waals surface area contributed by atoms with Crippen molar-refractivity contribution in [3.05, 3.63) is 70.3 Å². The van der Waals surface area contributed by atoms with Crippen molar-refractivity contribution < 1.29 is 4.42 Å². The lowest BCUT2D eigenvalue weighted by Gasteiger charge is -2.30. The van der Waals surface area contributed by atoms with Crippen molar-refractivity contribution in [1.82, 2.24) is 15.3 Å². The van der Waals surface area contributed by atoms with Crippen LogP contribution in [-0.2, 0) is 19.5 Å². The molecule has 0 aliphatic carbocycles. The number of anilines is 2. The van der Waals surface area contributed by atoms with E-state index in [2.05, 4.69) is 49.8 Å². The van der Waals surface area contributed by atoms with Gasteiger partial charge in [-0.2, -0.15) is 4.98 Å². The Morgan fingerprint density at radius 2 is 2.04 bits per heavy atom. The fourth-order valence-electron chi connectivity index (χ4n) is 3.21. The van der Waals surface area contributed by atoms with E-state index in [9.17, 15) is 0 Å². The van der Waals surface area contributed by atoms with E-state index in [4.69, 9.17) is 28.2 Å². The molecular formula is C20H20ClN5OS. The number of benzene rings is 1. The van der Waals surface area contributed by atoms with Crippen LogP contribution < -0.4 is 15.5 Å². The summed E-state index contributed by atoms with van der Waals surface area (Å²) >= 11 is 11.6. The summed E-state index contributed by atoms with van der Waals surface area (Å²) in [4.78, 5) is 11.0.